The molecule has 0 bridgehead atoms. The molecule has 21 heavy (non-hydrogen) atoms. The van der Waals surface area contributed by atoms with E-state index in [0.29, 0.717) is 0 Å². The predicted molar refractivity (Wildman–Crippen MR) is 98.5 cm³/mol. The van der Waals surface area contributed by atoms with E-state index in [1.54, 1.807) is 0 Å². The van der Waals surface area contributed by atoms with Crippen LogP contribution in [0.2, 0.25) is 0 Å². The Kier molecular flexibility index (Phi) is 8.03. The van der Waals surface area contributed by atoms with Crippen molar-refractivity contribution in [3.63, 3.8) is 0 Å². The number of guanidine groups is 1. The predicted octanol–water partition coefficient (Wildman–Crippen LogP) is 2.44. The van der Waals surface area contributed by atoms with Crippen LogP contribution in [-0.4, -0.2) is 39.3 Å². The highest BCUT2D eigenvalue weighted by Crippen LogP contribution is 2.24. The third-order valence-corrected chi connectivity index (χ3v) is 3.58. The van der Waals surface area contributed by atoms with Crippen LogP contribution in [-0.2, 0) is 11.2 Å². The SMILES string of the molecule is CN=C(NCCCc1ccccc1)NCC1(C)COC1.I. The minimum absolute atomic E-state index is 0. The monoisotopic (exact) mass is 403 g/mol. The lowest BCUT2D eigenvalue weighted by molar-refractivity contribution is -0.0971. The Bertz CT molecular complexity index is 432. The lowest BCUT2D eigenvalue weighted by Crippen LogP contribution is -2.51. The average Bonchev–Trinajstić information content (AvgIpc) is 2.45. The molecule has 0 aromatic heterocycles. The standard InChI is InChI=1S/C16H25N3O.HI/c1-16(12-20-13-16)11-19-15(17-2)18-10-6-9-14-7-4-3-5-8-14;/h3-5,7-8H,6,9-13H2,1-2H3,(H2,17,18,19);1H. The second kappa shape index (κ2) is 9.25. The van der Waals surface area contributed by atoms with Gasteiger partial charge in [-0.05, 0) is 18.4 Å². The second-order valence-corrected chi connectivity index (χ2v) is 5.75. The zero-order chi connectivity index (χ0) is 14.3. The molecule has 0 aliphatic carbocycles. The summed E-state index contributed by atoms with van der Waals surface area (Å²) in [6, 6.07) is 10.6. The van der Waals surface area contributed by atoms with E-state index < -0.39 is 0 Å². The first-order valence-electron chi connectivity index (χ1n) is 7.28. The first-order chi connectivity index (χ1) is 9.72. The van der Waals surface area contributed by atoms with Crippen LogP contribution >= 0.6 is 24.0 Å². The minimum Gasteiger partial charge on any atom is -0.380 e. The van der Waals surface area contributed by atoms with Gasteiger partial charge in [0.15, 0.2) is 5.96 Å². The molecule has 0 spiro atoms. The first-order valence-corrected chi connectivity index (χ1v) is 7.28. The molecule has 2 rings (SSSR count). The highest BCUT2D eigenvalue weighted by Gasteiger charge is 2.33. The maximum absolute atomic E-state index is 5.25. The van der Waals surface area contributed by atoms with Crippen molar-refractivity contribution in [1.29, 1.82) is 0 Å². The van der Waals surface area contributed by atoms with Gasteiger partial charge in [0.25, 0.3) is 0 Å². The van der Waals surface area contributed by atoms with Gasteiger partial charge in [0.1, 0.15) is 0 Å². The zero-order valence-electron chi connectivity index (χ0n) is 12.9. The summed E-state index contributed by atoms with van der Waals surface area (Å²) in [7, 11) is 1.81. The number of rotatable bonds is 6. The zero-order valence-corrected chi connectivity index (χ0v) is 15.2. The molecule has 0 saturated carbocycles. The van der Waals surface area contributed by atoms with Gasteiger partial charge in [-0.3, -0.25) is 4.99 Å². The molecule has 1 saturated heterocycles. The lowest BCUT2D eigenvalue weighted by Gasteiger charge is -2.38. The third kappa shape index (κ3) is 6.22. The van der Waals surface area contributed by atoms with Crippen molar-refractivity contribution in [3.05, 3.63) is 35.9 Å². The Morgan fingerprint density at radius 2 is 1.95 bits per heavy atom. The highest BCUT2D eigenvalue weighted by atomic mass is 127. The topological polar surface area (TPSA) is 45.7 Å². The van der Waals surface area contributed by atoms with Gasteiger partial charge in [0.05, 0.1) is 13.2 Å². The van der Waals surface area contributed by atoms with Crippen molar-refractivity contribution in [1.82, 2.24) is 10.6 Å². The van der Waals surface area contributed by atoms with Gasteiger partial charge < -0.3 is 15.4 Å². The number of halogens is 1. The fourth-order valence-corrected chi connectivity index (χ4v) is 2.21. The largest absolute Gasteiger partial charge is 0.380 e. The quantitative estimate of drug-likeness (QED) is 0.332. The number of hydrogen-bond donors (Lipinski definition) is 2. The second-order valence-electron chi connectivity index (χ2n) is 5.75. The molecule has 2 N–H and O–H groups in total. The Labute approximate surface area is 144 Å². The van der Waals surface area contributed by atoms with Crippen molar-refractivity contribution in [2.75, 3.05) is 33.4 Å². The summed E-state index contributed by atoms with van der Waals surface area (Å²) >= 11 is 0. The number of benzene rings is 1. The fraction of sp³-hybridized carbons (Fsp3) is 0.562. The summed E-state index contributed by atoms with van der Waals surface area (Å²) in [5.74, 6) is 0.881. The van der Waals surface area contributed by atoms with E-state index in [9.17, 15) is 0 Å². The minimum atomic E-state index is 0. The maximum atomic E-state index is 5.25. The molecule has 118 valence electrons. The first kappa shape index (κ1) is 18.2. The Morgan fingerprint density at radius 3 is 2.52 bits per heavy atom. The average molecular weight is 403 g/mol. The number of nitrogens with zero attached hydrogens (tertiary/aromatic N) is 1. The number of ether oxygens (including phenoxy) is 1. The van der Waals surface area contributed by atoms with E-state index in [-0.39, 0.29) is 29.4 Å². The number of hydrogen-bond acceptors (Lipinski definition) is 2. The van der Waals surface area contributed by atoms with Crippen molar-refractivity contribution in [2.24, 2.45) is 10.4 Å². The van der Waals surface area contributed by atoms with Crippen molar-refractivity contribution >= 4 is 29.9 Å². The molecule has 0 unspecified atom stereocenters. The van der Waals surface area contributed by atoms with Gasteiger partial charge in [0.2, 0.25) is 0 Å². The van der Waals surface area contributed by atoms with Crippen LogP contribution in [0.15, 0.2) is 35.3 Å². The van der Waals surface area contributed by atoms with E-state index in [1.807, 2.05) is 7.05 Å². The number of aryl methyl sites for hydroxylation is 1. The molecular formula is C16H26IN3O. The molecule has 0 atom stereocenters. The van der Waals surface area contributed by atoms with E-state index in [4.69, 9.17) is 4.74 Å². The van der Waals surface area contributed by atoms with E-state index in [1.165, 1.54) is 5.56 Å². The highest BCUT2D eigenvalue weighted by molar-refractivity contribution is 14.0. The number of nitrogens with one attached hydrogen (secondary N) is 2. The van der Waals surface area contributed by atoms with Crippen LogP contribution in [0.1, 0.15) is 18.9 Å². The van der Waals surface area contributed by atoms with Crippen LogP contribution in [0.4, 0.5) is 0 Å². The summed E-state index contributed by atoms with van der Waals surface area (Å²) in [6.45, 7) is 5.75. The summed E-state index contributed by atoms with van der Waals surface area (Å²) < 4.78 is 5.25. The normalized spacial score (nSPS) is 16.6. The Morgan fingerprint density at radius 1 is 1.24 bits per heavy atom. The van der Waals surface area contributed by atoms with Crippen LogP contribution in [0.5, 0.6) is 0 Å². The van der Waals surface area contributed by atoms with Crippen LogP contribution < -0.4 is 10.6 Å². The number of aliphatic imine (C=N–C) groups is 1. The van der Waals surface area contributed by atoms with Crippen molar-refractivity contribution in [2.45, 2.75) is 19.8 Å². The molecule has 0 radical (unpaired) electrons. The summed E-state index contributed by atoms with van der Waals surface area (Å²) in [5.41, 5.74) is 1.65. The molecule has 0 amide bonds. The van der Waals surface area contributed by atoms with Crippen molar-refractivity contribution < 1.29 is 4.74 Å². The van der Waals surface area contributed by atoms with Crippen molar-refractivity contribution in [3.8, 4) is 0 Å². The maximum Gasteiger partial charge on any atom is 0.190 e. The van der Waals surface area contributed by atoms with Gasteiger partial charge in [0, 0.05) is 25.6 Å². The van der Waals surface area contributed by atoms with Crippen LogP contribution in [0.25, 0.3) is 0 Å². The fourth-order valence-electron chi connectivity index (χ4n) is 2.21. The van der Waals surface area contributed by atoms with Gasteiger partial charge >= 0.3 is 0 Å². The Balaban J connectivity index is 0.00000220. The van der Waals surface area contributed by atoms with E-state index in [0.717, 1.165) is 45.1 Å². The smallest absolute Gasteiger partial charge is 0.190 e. The van der Waals surface area contributed by atoms with Gasteiger partial charge in [-0.25, -0.2) is 0 Å². The molecule has 5 heteroatoms. The van der Waals surface area contributed by atoms with Gasteiger partial charge in [-0.2, -0.15) is 0 Å². The van der Waals surface area contributed by atoms with E-state index >= 15 is 0 Å². The summed E-state index contributed by atoms with van der Waals surface area (Å²) in [4.78, 5) is 4.25. The molecule has 1 aliphatic rings. The van der Waals surface area contributed by atoms with E-state index in [2.05, 4.69) is 52.9 Å². The molecular weight excluding hydrogens is 377 g/mol. The van der Waals surface area contributed by atoms with Gasteiger partial charge in [-0.15, -0.1) is 24.0 Å². The summed E-state index contributed by atoms with van der Waals surface area (Å²) in [5, 5.41) is 6.73. The molecule has 4 nitrogen and oxygen atoms in total. The van der Waals surface area contributed by atoms with Crippen LogP contribution in [0, 0.1) is 5.41 Å². The molecule has 1 aliphatic heterocycles. The molecule has 1 aromatic rings. The third-order valence-electron chi connectivity index (χ3n) is 3.58. The lowest BCUT2D eigenvalue weighted by atomic mass is 9.89. The Hall–Kier alpha value is -0.820. The summed E-state index contributed by atoms with van der Waals surface area (Å²) in [6.07, 6.45) is 2.20. The molecule has 1 aromatic carbocycles. The molecule has 1 heterocycles. The van der Waals surface area contributed by atoms with Gasteiger partial charge in [-0.1, -0.05) is 37.3 Å². The van der Waals surface area contributed by atoms with Crippen LogP contribution in [0.3, 0.4) is 0 Å². The molecule has 1 fully saturated rings.